The number of unbranched alkanes of at least 4 members (excludes halogenated alkanes) is 8. The second-order valence-corrected chi connectivity index (χ2v) is 11.5. The van der Waals surface area contributed by atoms with Crippen molar-refractivity contribution in [3.63, 3.8) is 0 Å². The van der Waals surface area contributed by atoms with Gasteiger partial charge in [-0.25, -0.2) is 0 Å². The van der Waals surface area contributed by atoms with E-state index in [2.05, 4.69) is 62.2 Å². The van der Waals surface area contributed by atoms with Crippen LogP contribution in [0.1, 0.15) is 102 Å². The number of nitrogens with zero attached hydrogens (tertiary/aromatic N) is 2. The SMILES string of the molecule is C=C.CCCCCC/C=C\COC(=O)CCCCCCCN(Cc1cccc(CCC)c1)C(=O)SCCN(C)C. The number of allylic oxidation sites excluding steroid dienone is 1. The van der Waals surface area contributed by atoms with Crippen LogP contribution in [0.2, 0.25) is 0 Å². The second-order valence-electron chi connectivity index (χ2n) is 10.4. The molecule has 0 aliphatic rings. The fourth-order valence-electron chi connectivity index (χ4n) is 4.22. The van der Waals surface area contributed by atoms with Crippen molar-refractivity contribution < 1.29 is 14.3 Å². The maximum Gasteiger partial charge on any atom is 0.306 e. The highest BCUT2D eigenvalue weighted by atomic mass is 32.2. The van der Waals surface area contributed by atoms with E-state index in [0.29, 0.717) is 19.6 Å². The Morgan fingerprint density at radius 1 is 0.875 bits per heavy atom. The molecular weight excluding hydrogens is 516 g/mol. The van der Waals surface area contributed by atoms with Gasteiger partial charge in [0, 0.05) is 31.8 Å². The van der Waals surface area contributed by atoms with Gasteiger partial charge in [0.25, 0.3) is 5.24 Å². The van der Waals surface area contributed by atoms with Gasteiger partial charge in [-0.2, -0.15) is 0 Å². The van der Waals surface area contributed by atoms with Crippen LogP contribution in [0, 0.1) is 0 Å². The predicted octanol–water partition coefficient (Wildman–Crippen LogP) is 9.07. The Bertz CT molecular complexity index is 797. The lowest BCUT2D eigenvalue weighted by Gasteiger charge is -2.23. The average Bonchev–Trinajstić information content (AvgIpc) is 2.94. The molecule has 1 amide bonds. The van der Waals surface area contributed by atoms with Crippen LogP contribution in [0.5, 0.6) is 0 Å². The van der Waals surface area contributed by atoms with Gasteiger partial charge >= 0.3 is 5.97 Å². The summed E-state index contributed by atoms with van der Waals surface area (Å²) < 4.78 is 5.31. The van der Waals surface area contributed by atoms with Crippen LogP contribution in [-0.4, -0.2) is 60.6 Å². The number of amides is 1. The molecular formula is C34H58N2O3S. The minimum absolute atomic E-state index is 0.0996. The van der Waals surface area contributed by atoms with Crippen molar-refractivity contribution in [2.45, 2.75) is 104 Å². The fourth-order valence-corrected chi connectivity index (χ4v) is 5.19. The molecule has 0 bridgehead atoms. The molecule has 0 aromatic heterocycles. The second kappa shape index (κ2) is 27.1. The molecule has 0 aliphatic carbocycles. The minimum atomic E-state index is -0.0996. The summed E-state index contributed by atoms with van der Waals surface area (Å²) in [5, 5.41) is 0.172. The molecule has 0 radical (unpaired) electrons. The molecule has 0 saturated carbocycles. The Hall–Kier alpha value is -2.05. The molecule has 0 unspecified atom stereocenters. The van der Waals surface area contributed by atoms with E-state index in [-0.39, 0.29) is 11.2 Å². The lowest BCUT2D eigenvalue weighted by atomic mass is 10.1. The number of thioether (sulfide) groups is 1. The van der Waals surface area contributed by atoms with Gasteiger partial charge in [0.1, 0.15) is 6.61 Å². The normalized spacial score (nSPS) is 10.9. The van der Waals surface area contributed by atoms with Gasteiger partial charge in [-0.15, -0.1) is 13.2 Å². The summed E-state index contributed by atoms with van der Waals surface area (Å²) in [5.74, 6) is 0.709. The van der Waals surface area contributed by atoms with Crippen molar-refractivity contribution in [2.24, 2.45) is 0 Å². The van der Waals surface area contributed by atoms with Gasteiger partial charge in [0.15, 0.2) is 0 Å². The Labute approximate surface area is 250 Å². The molecule has 5 nitrogen and oxygen atoms in total. The highest BCUT2D eigenvalue weighted by Gasteiger charge is 2.15. The van der Waals surface area contributed by atoms with E-state index < -0.39 is 0 Å². The molecule has 0 N–H and O–H groups in total. The van der Waals surface area contributed by atoms with Crippen molar-refractivity contribution in [3.8, 4) is 0 Å². The van der Waals surface area contributed by atoms with Crippen LogP contribution in [0.15, 0.2) is 49.6 Å². The van der Waals surface area contributed by atoms with E-state index in [1.807, 2.05) is 25.1 Å². The molecule has 0 spiro atoms. The third kappa shape index (κ3) is 21.7. The van der Waals surface area contributed by atoms with Gasteiger partial charge in [0.05, 0.1) is 0 Å². The number of hydrogen-bond donors (Lipinski definition) is 0. The van der Waals surface area contributed by atoms with Crippen molar-refractivity contribution in [1.82, 2.24) is 9.80 Å². The molecule has 0 aliphatic heterocycles. The van der Waals surface area contributed by atoms with Crippen molar-refractivity contribution in [1.29, 1.82) is 0 Å². The van der Waals surface area contributed by atoms with Crippen molar-refractivity contribution >= 4 is 23.0 Å². The van der Waals surface area contributed by atoms with E-state index >= 15 is 0 Å². The summed E-state index contributed by atoms with van der Waals surface area (Å²) in [6.45, 7) is 13.2. The van der Waals surface area contributed by atoms with Gasteiger partial charge in [-0.05, 0) is 57.3 Å². The summed E-state index contributed by atoms with van der Waals surface area (Å²) >= 11 is 1.42. The highest BCUT2D eigenvalue weighted by molar-refractivity contribution is 8.13. The summed E-state index contributed by atoms with van der Waals surface area (Å²) in [6, 6.07) is 8.66. The predicted molar refractivity (Wildman–Crippen MR) is 175 cm³/mol. The van der Waals surface area contributed by atoms with E-state index in [0.717, 1.165) is 70.2 Å². The number of carbonyl (C=O) groups excluding carboxylic acids is 2. The fraction of sp³-hybridized carbons (Fsp3) is 0.647. The quantitative estimate of drug-likeness (QED) is 0.0785. The lowest BCUT2D eigenvalue weighted by molar-refractivity contribution is -0.142. The number of benzene rings is 1. The van der Waals surface area contributed by atoms with Gasteiger partial charge in [0.2, 0.25) is 0 Å². The minimum Gasteiger partial charge on any atom is -0.461 e. The zero-order valence-electron chi connectivity index (χ0n) is 26.1. The summed E-state index contributed by atoms with van der Waals surface area (Å²) in [6.07, 6.45) is 17.9. The Morgan fingerprint density at radius 2 is 1.57 bits per heavy atom. The summed E-state index contributed by atoms with van der Waals surface area (Å²) in [4.78, 5) is 29.0. The summed E-state index contributed by atoms with van der Waals surface area (Å²) in [7, 11) is 4.07. The Morgan fingerprint density at radius 3 is 2.30 bits per heavy atom. The number of hydrogen-bond acceptors (Lipinski definition) is 5. The third-order valence-corrected chi connectivity index (χ3v) is 7.36. The first-order valence-electron chi connectivity index (χ1n) is 15.4. The molecule has 0 heterocycles. The molecule has 1 aromatic carbocycles. The number of aryl methyl sites for hydroxylation is 1. The first-order valence-corrected chi connectivity index (χ1v) is 16.4. The molecule has 0 saturated heterocycles. The first kappa shape index (κ1) is 38.0. The van der Waals surface area contributed by atoms with E-state index in [1.54, 1.807) is 0 Å². The van der Waals surface area contributed by atoms with Crippen molar-refractivity contribution in [2.75, 3.05) is 39.5 Å². The maximum atomic E-state index is 13.0. The Kier molecular flexibility index (Phi) is 25.7. The molecule has 0 fully saturated rings. The first-order chi connectivity index (χ1) is 19.5. The Balaban J connectivity index is 0.00000742. The van der Waals surface area contributed by atoms with Gasteiger partial charge in [-0.1, -0.05) is 107 Å². The monoisotopic (exact) mass is 574 g/mol. The van der Waals surface area contributed by atoms with Crippen LogP contribution < -0.4 is 0 Å². The van der Waals surface area contributed by atoms with E-state index in [4.69, 9.17) is 4.74 Å². The number of rotatable bonds is 22. The summed E-state index contributed by atoms with van der Waals surface area (Å²) in [5.41, 5.74) is 2.55. The molecule has 228 valence electrons. The van der Waals surface area contributed by atoms with Gasteiger partial charge in [-0.3, -0.25) is 9.59 Å². The van der Waals surface area contributed by atoms with Crippen LogP contribution in [0.3, 0.4) is 0 Å². The average molecular weight is 575 g/mol. The van der Waals surface area contributed by atoms with E-state index in [1.165, 1.54) is 48.6 Å². The molecule has 40 heavy (non-hydrogen) atoms. The van der Waals surface area contributed by atoms with Crippen molar-refractivity contribution in [3.05, 3.63) is 60.7 Å². The van der Waals surface area contributed by atoms with Crippen LogP contribution >= 0.6 is 11.8 Å². The number of esters is 1. The molecule has 1 rings (SSSR count). The zero-order valence-corrected chi connectivity index (χ0v) is 27.0. The number of carbonyl (C=O) groups is 2. The zero-order chi connectivity index (χ0) is 29.8. The molecule has 6 heteroatoms. The van der Waals surface area contributed by atoms with Crippen LogP contribution in [-0.2, 0) is 22.5 Å². The molecule has 0 atom stereocenters. The van der Waals surface area contributed by atoms with E-state index in [9.17, 15) is 9.59 Å². The number of ether oxygens (including phenoxy) is 1. The third-order valence-electron chi connectivity index (χ3n) is 6.47. The smallest absolute Gasteiger partial charge is 0.306 e. The van der Waals surface area contributed by atoms with Gasteiger partial charge < -0.3 is 14.5 Å². The van der Waals surface area contributed by atoms with Crippen LogP contribution in [0.25, 0.3) is 0 Å². The van der Waals surface area contributed by atoms with Crippen LogP contribution in [0.4, 0.5) is 4.79 Å². The standard InChI is InChI=1S/C32H54N2O3S.C2H4/c1-5-7-8-9-10-14-17-25-37-31(35)22-15-12-11-13-16-23-34(32(36)38-26-24-33(3)4)28-30-21-18-20-29(27-30)19-6-2;1-2/h14,17-18,20-21,27H,5-13,15-16,19,22-26,28H2,1-4H3;1-2H2/b17-14-;. The highest BCUT2D eigenvalue weighted by Crippen LogP contribution is 2.17. The maximum absolute atomic E-state index is 13.0. The largest absolute Gasteiger partial charge is 0.461 e. The molecule has 1 aromatic rings. The topological polar surface area (TPSA) is 49.9 Å². The lowest BCUT2D eigenvalue weighted by Crippen LogP contribution is -2.29.